The summed E-state index contributed by atoms with van der Waals surface area (Å²) in [5.74, 6) is -1.06. The van der Waals surface area contributed by atoms with Crippen molar-refractivity contribution in [2.24, 2.45) is 0 Å². The molecule has 0 radical (unpaired) electrons. The van der Waals surface area contributed by atoms with Gasteiger partial charge in [-0.25, -0.2) is 4.79 Å². The normalized spacial score (nSPS) is 10.5. The van der Waals surface area contributed by atoms with E-state index in [4.69, 9.17) is 15.4 Å². The molecule has 13 heavy (non-hydrogen) atoms. The first-order valence-electron chi connectivity index (χ1n) is 3.55. The van der Waals surface area contributed by atoms with Crippen LogP contribution < -0.4 is 5.73 Å². The van der Waals surface area contributed by atoms with Crippen molar-refractivity contribution in [1.29, 1.82) is 0 Å². The highest BCUT2D eigenvalue weighted by Crippen LogP contribution is 2.21. The summed E-state index contributed by atoms with van der Waals surface area (Å²) < 4.78 is 4.81. The third-order valence-corrected chi connectivity index (χ3v) is 1.76. The van der Waals surface area contributed by atoms with Crippen LogP contribution in [0.15, 0.2) is 22.9 Å². The largest absolute Gasteiger partial charge is 0.478 e. The van der Waals surface area contributed by atoms with Gasteiger partial charge in [0.05, 0.1) is 11.8 Å². The fourth-order valence-electron chi connectivity index (χ4n) is 1.12. The Morgan fingerprint density at radius 2 is 2.31 bits per heavy atom. The van der Waals surface area contributed by atoms with Gasteiger partial charge in [0.25, 0.3) is 0 Å². The second-order valence-corrected chi connectivity index (χ2v) is 2.61. The molecular weight excluding hydrogens is 172 g/mol. The molecule has 0 bridgehead atoms. The van der Waals surface area contributed by atoms with Crippen molar-refractivity contribution < 1.29 is 14.4 Å². The minimum absolute atomic E-state index is 0.0655. The minimum Gasteiger partial charge on any atom is -0.478 e. The molecule has 0 saturated heterocycles. The summed E-state index contributed by atoms with van der Waals surface area (Å²) in [7, 11) is 0. The van der Waals surface area contributed by atoms with E-state index >= 15 is 0 Å². The van der Waals surface area contributed by atoms with Crippen LogP contribution in [0.5, 0.6) is 0 Å². The quantitative estimate of drug-likeness (QED) is 0.638. The molecule has 0 saturated carbocycles. The number of carboxylic acid groups (broad SMARTS) is 1. The molecule has 5 heteroatoms. The number of hydrogen-bond acceptors (Lipinski definition) is 4. The first-order chi connectivity index (χ1) is 6.18. The highest BCUT2D eigenvalue weighted by molar-refractivity contribution is 5.98. The molecule has 0 atom stereocenters. The van der Waals surface area contributed by atoms with Crippen LogP contribution in [0.25, 0.3) is 11.0 Å². The molecular formula is C8H6N2O3. The molecule has 1 aromatic heterocycles. The van der Waals surface area contributed by atoms with Gasteiger partial charge in [-0.15, -0.1) is 0 Å². The van der Waals surface area contributed by atoms with Crippen LogP contribution in [0.4, 0.5) is 5.69 Å². The molecule has 1 aromatic carbocycles. The third kappa shape index (κ3) is 1.10. The highest BCUT2D eigenvalue weighted by atomic mass is 16.5. The molecule has 5 nitrogen and oxygen atoms in total. The molecule has 0 aliphatic rings. The van der Waals surface area contributed by atoms with Gasteiger partial charge in [0.15, 0.2) is 5.58 Å². The predicted octanol–water partition coefficient (Wildman–Crippen LogP) is 1.11. The summed E-state index contributed by atoms with van der Waals surface area (Å²) in [6.45, 7) is 0. The molecule has 0 amide bonds. The molecule has 0 aliphatic heterocycles. The summed E-state index contributed by atoms with van der Waals surface area (Å²) in [6.07, 6.45) is 1.45. The maximum Gasteiger partial charge on any atom is 0.337 e. The molecule has 0 aliphatic carbocycles. The Balaban J connectivity index is 2.76. The Kier molecular flexibility index (Phi) is 1.45. The Morgan fingerprint density at radius 3 is 3.00 bits per heavy atom. The van der Waals surface area contributed by atoms with E-state index in [9.17, 15) is 4.79 Å². The van der Waals surface area contributed by atoms with Gasteiger partial charge in [-0.2, -0.15) is 0 Å². The van der Waals surface area contributed by atoms with Crippen molar-refractivity contribution in [2.75, 3.05) is 5.73 Å². The van der Waals surface area contributed by atoms with E-state index in [1.54, 1.807) is 0 Å². The van der Waals surface area contributed by atoms with Crippen LogP contribution in [0.3, 0.4) is 0 Å². The van der Waals surface area contributed by atoms with E-state index in [0.29, 0.717) is 11.0 Å². The van der Waals surface area contributed by atoms with E-state index in [1.807, 2.05) is 0 Å². The number of aromatic carboxylic acids is 1. The average molecular weight is 178 g/mol. The topological polar surface area (TPSA) is 89.4 Å². The zero-order chi connectivity index (χ0) is 9.42. The average Bonchev–Trinajstić information content (AvgIpc) is 2.48. The fraction of sp³-hybridized carbons (Fsp3) is 0. The zero-order valence-electron chi connectivity index (χ0n) is 6.52. The maximum atomic E-state index is 10.7. The van der Waals surface area contributed by atoms with Gasteiger partial charge in [0, 0.05) is 17.1 Å². The first kappa shape index (κ1) is 7.60. The smallest absolute Gasteiger partial charge is 0.337 e. The molecule has 3 N–H and O–H groups in total. The van der Waals surface area contributed by atoms with Gasteiger partial charge in [0.1, 0.15) is 0 Å². The summed E-state index contributed by atoms with van der Waals surface area (Å²) in [6, 6.07) is 2.88. The van der Waals surface area contributed by atoms with Gasteiger partial charge in [-0.1, -0.05) is 5.16 Å². The molecule has 0 unspecified atom stereocenters. The molecule has 66 valence electrons. The third-order valence-electron chi connectivity index (χ3n) is 1.76. The number of nitrogen functional groups attached to an aromatic ring is 1. The monoisotopic (exact) mass is 178 g/mol. The number of nitrogens with zero attached hydrogens (tertiary/aromatic N) is 1. The van der Waals surface area contributed by atoms with E-state index in [-0.39, 0.29) is 11.3 Å². The number of benzene rings is 1. The molecule has 0 fully saturated rings. The highest BCUT2D eigenvalue weighted by Gasteiger charge is 2.10. The second-order valence-electron chi connectivity index (χ2n) is 2.61. The Morgan fingerprint density at radius 1 is 1.54 bits per heavy atom. The number of fused-ring (bicyclic) bond motifs is 1. The van der Waals surface area contributed by atoms with Crippen molar-refractivity contribution in [3.8, 4) is 0 Å². The first-order valence-corrected chi connectivity index (χ1v) is 3.55. The number of carboxylic acids is 1. The summed E-state index contributed by atoms with van der Waals surface area (Å²) in [4.78, 5) is 10.7. The van der Waals surface area contributed by atoms with Gasteiger partial charge in [-0.05, 0) is 6.07 Å². The molecule has 2 rings (SSSR count). The van der Waals surface area contributed by atoms with Crippen molar-refractivity contribution in [3.63, 3.8) is 0 Å². The van der Waals surface area contributed by atoms with Crippen molar-refractivity contribution in [2.45, 2.75) is 0 Å². The Hall–Kier alpha value is -2.04. The van der Waals surface area contributed by atoms with E-state index in [0.717, 1.165) is 0 Å². The van der Waals surface area contributed by atoms with Crippen LogP contribution in [-0.2, 0) is 0 Å². The molecule has 0 spiro atoms. The van der Waals surface area contributed by atoms with E-state index in [1.165, 1.54) is 18.3 Å². The second kappa shape index (κ2) is 2.48. The number of carbonyl (C=O) groups is 1. The summed E-state index contributed by atoms with van der Waals surface area (Å²) in [5, 5.41) is 12.9. The lowest BCUT2D eigenvalue weighted by Gasteiger charge is -1.98. The number of nitrogens with two attached hydrogens (primary N) is 1. The van der Waals surface area contributed by atoms with Crippen LogP contribution in [0, 0.1) is 0 Å². The van der Waals surface area contributed by atoms with Gasteiger partial charge < -0.3 is 15.4 Å². The lowest BCUT2D eigenvalue weighted by Crippen LogP contribution is -2.01. The van der Waals surface area contributed by atoms with Crippen LogP contribution in [0.1, 0.15) is 10.4 Å². The van der Waals surface area contributed by atoms with E-state index < -0.39 is 5.97 Å². The molecule has 2 aromatic rings. The lowest BCUT2D eigenvalue weighted by atomic mass is 10.1. The SMILES string of the molecule is Nc1cc2oncc2cc1C(=O)O. The summed E-state index contributed by atoms with van der Waals surface area (Å²) in [5.41, 5.74) is 6.21. The van der Waals surface area contributed by atoms with Gasteiger partial charge in [0.2, 0.25) is 0 Å². The van der Waals surface area contributed by atoms with Crippen LogP contribution in [0.2, 0.25) is 0 Å². The van der Waals surface area contributed by atoms with Crippen molar-refractivity contribution in [1.82, 2.24) is 5.16 Å². The predicted molar refractivity (Wildman–Crippen MR) is 45.4 cm³/mol. The van der Waals surface area contributed by atoms with Gasteiger partial charge >= 0.3 is 5.97 Å². The van der Waals surface area contributed by atoms with Crippen molar-refractivity contribution >= 4 is 22.6 Å². The Labute approximate surface area is 72.7 Å². The van der Waals surface area contributed by atoms with Crippen LogP contribution >= 0.6 is 0 Å². The number of anilines is 1. The number of hydrogen-bond donors (Lipinski definition) is 2. The minimum atomic E-state index is -1.06. The maximum absolute atomic E-state index is 10.7. The zero-order valence-corrected chi connectivity index (χ0v) is 6.52. The Bertz CT molecular complexity index is 475. The fourth-order valence-corrected chi connectivity index (χ4v) is 1.12. The number of rotatable bonds is 1. The summed E-state index contributed by atoms with van der Waals surface area (Å²) >= 11 is 0. The number of aromatic nitrogens is 1. The van der Waals surface area contributed by atoms with E-state index in [2.05, 4.69) is 5.16 Å². The lowest BCUT2D eigenvalue weighted by molar-refractivity contribution is 0.0698. The molecule has 1 heterocycles. The standard InChI is InChI=1S/C8H6N2O3/c9-6-2-7-4(3-10-13-7)1-5(6)8(11)12/h1-3H,9H2,(H,11,12). The van der Waals surface area contributed by atoms with Crippen LogP contribution in [-0.4, -0.2) is 16.2 Å². The van der Waals surface area contributed by atoms with Crippen molar-refractivity contribution in [3.05, 3.63) is 23.9 Å². The van der Waals surface area contributed by atoms with Gasteiger partial charge in [-0.3, -0.25) is 0 Å².